The minimum absolute atomic E-state index is 0.755. The summed E-state index contributed by atoms with van der Waals surface area (Å²) in [4.78, 5) is 5.58. The molecule has 0 fully saturated rings. The van der Waals surface area contributed by atoms with E-state index in [1.54, 1.807) is 11.3 Å². The highest BCUT2D eigenvalue weighted by atomic mass is 35.5. The number of halogens is 1. The monoisotopic (exact) mass is 246 g/mol. The van der Waals surface area contributed by atoms with Crippen molar-refractivity contribution in [3.05, 3.63) is 23.5 Å². The van der Waals surface area contributed by atoms with Gasteiger partial charge in [-0.3, -0.25) is 4.40 Å². The number of alkyl halides is 1. The molecule has 0 aliphatic rings. The van der Waals surface area contributed by atoms with Crippen LogP contribution in [0.3, 0.4) is 0 Å². The van der Waals surface area contributed by atoms with E-state index in [9.17, 15) is 0 Å². The van der Waals surface area contributed by atoms with Crippen molar-refractivity contribution in [2.45, 2.75) is 12.2 Å². The molecule has 0 saturated heterocycles. The van der Waals surface area contributed by atoms with Gasteiger partial charge in [0.2, 0.25) is 0 Å². The summed E-state index contributed by atoms with van der Waals surface area (Å²) < 4.78 is 2.07. The molecule has 0 N–H and O–H groups in total. The highest BCUT2D eigenvalue weighted by Crippen LogP contribution is 2.16. The van der Waals surface area contributed by atoms with Crippen LogP contribution < -0.4 is 0 Å². The first-order valence-electron chi connectivity index (χ1n) is 4.45. The number of fused-ring (bicyclic) bond motifs is 1. The molecule has 2 rings (SSSR count). The maximum absolute atomic E-state index is 5.60. The van der Waals surface area contributed by atoms with Crippen LogP contribution in [0.15, 0.2) is 17.8 Å². The van der Waals surface area contributed by atoms with Gasteiger partial charge in [0.25, 0.3) is 0 Å². The zero-order chi connectivity index (χ0) is 9.80. The van der Waals surface area contributed by atoms with E-state index in [2.05, 4.69) is 15.6 Å². The van der Waals surface area contributed by atoms with Gasteiger partial charge in [-0.1, -0.05) is 0 Å². The van der Waals surface area contributed by atoms with Crippen LogP contribution in [0.25, 0.3) is 4.96 Å². The summed E-state index contributed by atoms with van der Waals surface area (Å²) in [5, 5.41) is 2.05. The van der Waals surface area contributed by atoms with Gasteiger partial charge in [-0.2, -0.15) is 11.8 Å². The molecular weight excluding hydrogens is 236 g/mol. The molecule has 2 aromatic rings. The van der Waals surface area contributed by atoms with Crippen molar-refractivity contribution in [2.24, 2.45) is 0 Å². The second-order valence-electron chi connectivity index (χ2n) is 2.92. The van der Waals surface area contributed by atoms with E-state index < -0.39 is 0 Å². The van der Waals surface area contributed by atoms with Crippen LogP contribution in [0, 0.1) is 0 Å². The molecule has 0 radical (unpaired) electrons. The lowest BCUT2D eigenvalue weighted by molar-refractivity contribution is 1.11. The molecule has 0 atom stereocenters. The number of imidazole rings is 1. The highest BCUT2D eigenvalue weighted by molar-refractivity contribution is 7.98. The zero-order valence-electron chi connectivity index (χ0n) is 7.65. The third kappa shape index (κ3) is 2.43. The Morgan fingerprint density at radius 3 is 3.29 bits per heavy atom. The summed E-state index contributed by atoms with van der Waals surface area (Å²) in [6.45, 7) is 0. The third-order valence-corrected chi connectivity index (χ3v) is 3.93. The fraction of sp³-hybridized carbons (Fsp3) is 0.444. The fourth-order valence-corrected chi connectivity index (χ4v) is 3.03. The van der Waals surface area contributed by atoms with Gasteiger partial charge in [-0.15, -0.1) is 22.9 Å². The van der Waals surface area contributed by atoms with Crippen molar-refractivity contribution < 1.29 is 0 Å². The smallest absolute Gasteiger partial charge is 0.193 e. The molecule has 2 nitrogen and oxygen atoms in total. The number of thiazole rings is 1. The number of aromatic nitrogens is 2. The first-order valence-corrected chi connectivity index (χ1v) is 7.02. The lowest BCUT2D eigenvalue weighted by atomic mass is 10.6. The average molecular weight is 247 g/mol. The molecule has 76 valence electrons. The molecule has 2 heterocycles. The van der Waals surface area contributed by atoms with Gasteiger partial charge in [0, 0.05) is 29.4 Å². The predicted octanol–water partition coefficient (Wildman–Crippen LogP) is 3.26. The summed E-state index contributed by atoms with van der Waals surface area (Å²) in [7, 11) is 0. The first-order chi connectivity index (χ1) is 6.90. The van der Waals surface area contributed by atoms with E-state index in [1.165, 1.54) is 0 Å². The first kappa shape index (κ1) is 10.3. The topological polar surface area (TPSA) is 17.3 Å². The third-order valence-electron chi connectivity index (χ3n) is 1.82. The summed E-state index contributed by atoms with van der Waals surface area (Å²) >= 11 is 9.17. The molecular formula is C9H11ClN2S2. The van der Waals surface area contributed by atoms with E-state index in [-0.39, 0.29) is 0 Å². The lowest BCUT2D eigenvalue weighted by Crippen LogP contribution is -1.84. The maximum atomic E-state index is 5.60. The predicted molar refractivity (Wildman–Crippen MR) is 64.6 cm³/mol. The van der Waals surface area contributed by atoms with Crippen molar-refractivity contribution in [2.75, 3.05) is 11.6 Å². The molecule has 0 bridgehead atoms. The van der Waals surface area contributed by atoms with E-state index in [4.69, 9.17) is 11.6 Å². The molecule has 0 amide bonds. The highest BCUT2D eigenvalue weighted by Gasteiger charge is 2.01. The van der Waals surface area contributed by atoms with Crippen molar-refractivity contribution in [1.29, 1.82) is 0 Å². The number of nitrogens with zero attached hydrogens (tertiary/aromatic N) is 2. The van der Waals surface area contributed by atoms with Crippen LogP contribution in [0.5, 0.6) is 0 Å². The van der Waals surface area contributed by atoms with Crippen molar-refractivity contribution in [1.82, 2.24) is 9.38 Å². The molecule has 2 aromatic heterocycles. The van der Waals surface area contributed by atoms with Crippen molar-refractivity contribution in [3.8, 4) is 0 Å². The van der Waals surface area contributed by atoms with Gasteiger partial charge in [0.05, 0.1) is 5.69 Å². The van der Waals surface area contributed by atoms with E-state index in [0.29, 0.717) is 0 Å². The molecule has 0 aliphatic carbocycles. The van der Waals surface area contributed by atoms with E-state index >= 15 is 0 Å². The second kappa shape index (κ2) is 5.05. The summed E-state index contributed by atoms with van der Waals surface area (Å²) in [6.07, 6.45) is 5.22. The Kier molecular flexibility index (Phi) is 3.73. The Labute approximate surface area is 96.3 Å². The largest absolute Gasteiger partial charge is 0.297 e. The number of hydrogen-bond donors (Lipinski definition) is 0. The normalized spacial score (nSPS) is 11.2. The summed E-state index contributed by atoms with van der Waals surface area (Å²) in [5.74, 6) is 2.87. The van der Waals surface area contributed by atoms with Gasteiger partial charge in [0.1, 0.15) is 0 Å². The maximum Gasteiger partial charge on any atom is 0.193 e. The minimum Gasteiger partial charge on any atom is -0.297 e. The average Bonchev–Trinajstić information content (AvgIpc) is 2.72. The number of rotatable bonds is 5. The van der Waals surface area contributed by atoms with Gasteiger partial charge in [-0.05, 0) is 12.2 Å². The van der Waals surface area contributed by atoms with Gasteiger partial charge in [-0.25, -0.2) is 4.98 Å². The van der Waals surface area contributed by atoms with Crippen LogP contribution in [-0.2, 0) is 5.75 Å². The van der Waals surface area contributed by atoms with Crippen LogP contribution in [0.2, 0.25) is 0 Å². The Hall–Kier alpha value is -0.190. The Balaban J connectivity index is 1.89. The quantitative estimate of drug-likeness (QED) is 0.595. The van der Waals surface area contributed by atoms with Crippen molar-refractivity contribution >= 4 is 39.7 Å². The minimum atomic E-state index is 0.755. The summed E-state index contributed by atoms with van der Waals surface area (Å²) in [5.41, 5.74) is 1.16. The number of thioether (sulfide) groups is 1. The Bertz CT molecular complexity index is 368. The van der Waals surface area contributed by atoms with Crippen LogP contribution in [0.4, 0.5) is 0 Å². The Morgan fingerprint density at radius 2 is 2.50 bits per heavy atom. The molecule has 0 aromatic carbocycles. The molecule has 0 saturated carbocycles. The standard InChI is InChI=1S/C9H11ClN2S2/c10-2-1-4-13-7-8-6-12-3-5-14-9(12)11-8/h3,5-6H,1-2,4,7H2. The van der Waals surface area contributed by atoms with E-state index in [0.717, 1.165) is 34.5 Å². The molecule has 14 heavy (non-hydrogen) atoms. The second-order valence-corrected chi connectivity index (χ2v) is 5.28. The van der Waals surface area contributed by atoms with Crippen molar-refractivity contribution in [3.63, 3.8) is 0 Å². The van der Waals surface area contributed by atoms with Gasteiger partial charge < -0.3 is 0 Å². The molecule has 0 spiro atoms. The van der Waals surface area contributed by atoms with Gasteiger partial charge in [0.15, 0.2) is 4.96 Å². The molecule has 0 unspecified atom stereocenters. The number of hydrogen-bond acceptors (Lipinski definition) is 3. The zero-order valence-corrected chi connectivity index (χ0v) is 10.0. The lowest BCUT2D eigenvalue weighted by Gasteiger charge is -1.95. The van der Waals surface area contributed by atoms with Crippen LogP contribution in [0.1, 0.15) is 12.1 Å². The molecule has 0 aliphatic heterocycles. The SMILES string of the molecule is ClCCCSCc1cn2ccsc2n1. The van der Waals surface area contributed by atoms with Crippen LogP contribution in [-0.4, -0.2) is 21.0 Å². The fourth-order valence-electron chi connectivity index (χ4n) is 1.18. The molecule has 5 heteroatoms. The van der Waals surface area contributed by atoms with Gasteiger partial charge >= 0.3 is 0 Å². The Morgan fingerprint density at radius 1 is 1.57 bits per heavy atom. The van der Waals surface area contributed by atoms with E-state index in [1.807, 2.05) is 23.3 Å². The summed E-state index contributed by atoms with van der Waals surface area (Å²) in [6, 6.07) is 0. The van der Waals surface area contributed by atoms with Crippen LogP contribution >= 0.6 is 34.7 Å².